The molecule has 0 bridgehead atoms. The van der Waals surface area contributed by atoms with Gasteiger partial charge in [-0.2, -0.15) is 4.98 Å². The molecule has 1 aromatic heterocycles. The van der Waals surface area contributed by atoms with Crippen LogP contribution in [0.25, 0.3) is 33.5 Å². The Balaban J connectivity index is 1.54. The second-order valence-electron chi connectivity index (χ2n) is 9.43. The molecule has 20 heteroatoms. The number of hydrogen-bond acceptors (Lipinski definition) is 13. The number of nitro groups is 2. The maximum atomic E-state index is 13.6. The molecule has 2 heterocycles. The first-order valence-corrected chi connectivity index (χ1v) is 16.0. The fourth-order valence-corrected chi connectivity index (χ4v) is 6.73. The number of non-ortho nitro benzene ring substituents is 2. The molecule has 3 aromatic carbocycles. The molecule has 0 amide bonds. The van der Waals surface area contributed by atoms with Gasteiger partial charge in [0.1, 0.15) is 11.4 Å². The average molecular weight is 682 g/mol. The first-order chi connectivity index (χ1) is 21.7. The van der Waals surface area contributed by atoms with E-state index in [1.165, 1.54) is 18.2 Å². The van der Waals surface area contributed by atoms with Gasteiger partial charge in [0.05, 0.1) is 19.6 Å². The zero-order valence-electron chi connectivity index (χ0n) is 22.5. The highest BCUT2D eigenvalue weighted by molar-refractivity contribution is 7.93. The number of aromatic amines is 1. The van der Waals surface area contributed by atoms with Crippen LogP contribution in [0.4, 0.5) is 22.9 Å². The number of nitro benzene ring substituents is 2. The molecular weight excluding hydrogens is 667 g/mol. The standard InChI is InChI=1S/C26H15N7O10S3/c34-22-18-4-2-1-3-17(18)19-23(20(22)30-45(39,40)15-9-5-13(6-10-15)32(35)36)43-25-21(27-19)24(28-26(44)29-25)31-46(41,42)16-11-7-14(8-12-16)33(37)38/h1-12,30H,(H2,28,29,31,44). The predicted molar refractivity (Wildman–Crippen MR) is 165 cm³/mol. The van der Waals surface area contributed by atoms with Crippen molar-refractivity contribution in [3.05, 3.63) is 108 Å². The zero-order valence-corrected chi connectivity index (χ0v) is 25.0. The number of nitrogens with zero attached hydrogens (tertiary/aromatic N) is 4. The van der Waals surface area contributed by atoms with Gasteiger partial charge in [0, 0.05) is 35.0 Å². The van der Waals surface area contributed by atoms with Gasteiger partial charge >= 0.3 is 0 Å². The lowest BCUT2D eigenvalue weighted by molar-refractivity contribution is -0.385. The Labute approximate surface area is 261 Å². The van der Waals surface area contributed by atoms with Crippen molar-refractivity contribution in [2.45, 2.75) is 9.79 Å². The number of aromatic nitrogens is 3. The molecule has 0 spiro atoms. The fraction of sp³-hybridized carbons (Fsp3) is 0. The average Bonchev–Trinajstić information content (AvgIpc) is 3.02. The van der Waals surface area contributed by atoms with Crippen molar-refractivity contribution in [3.63, 3.8) is 0 Å². The van der Waals surface area contributed by atoms with E-state index in [4.69, 9.17) is 16.6 Å². The summed E-state index contributed by atoms with van der Waals surface area (Å²) in [5.41, 5.74) is -2.69. The molecule has 0 atom stereocenters. The molecule has 46 heavy (non-hydrogen) atoms. The second kappa shape index (κ2) is 10.9. The third-order valence-electron chi connectivity index (χ3n) is 6.58. The molecule has 0 unspecified atom stereocenters. The van der Waals surface area contributed by atoms with Crippen LogP contribution in [0.5, 0.6) is 0 Å². The van der Waals surface area contributed by atoms with Crippen molar-refractivity contribution in [2.24, 2.45) is 0 Å². The van der Waals surface area contributed by atoms with Crippen LogP contribution in [-0.4, -0.2) is 41.6 Å². The van der Waals surface area contributed by atoms with Crippen LogP contribution < -0.4 is 14.9 Å². The maximum Gasteiger partial charge on any atom is 0.269 e. The molecule has 17 nitrogen and oxygen atoms in total. The quantitative estimate of drug-likeness (QED) is 0.0666. The first kappa shape index (κ1) is 30.2. The van der Waals surface area contributed by atoms with Crippen molar-refractivity contribution in [1.29, 1.82) is 0 Å². The number of hydrogen-bond donors (Lipinski definition) is 3. The number of anilines is 2. The SMILES string of the molecule is O=c1c(NS(=O)(=O)c2ccc([N+](=O)[O-])cc2)c2oc3nc(=S)[nH]c(NS(=O)(=O)c4ccc([N+](=O)[O-])cc4)c3nc-2c2ccccc12. The topological polar surface area (TPSA) is 250 Å². The summed E-state index contributed by atoms with van der Waals surface area (Å²) in [6.45, 7) is 0. The lowest BCUT2D eigenvalue weighted by Gasteiger charge is -2.16. The summed E-state index contributed by atoms with van der Waals surface area (Å²) < 4.78 is 63.1. The third-order valence-corrected chi connectivity index (χ3v) is 9.51. The van der Waals surface area contributed by atoms with E-state index in [0.717, 1.165) is 48.5 Å². The number of sulfonamides is 2. The number of benzene rings is 4. The number of H-pyrrole nitrogens is 1. The van der Waals surface area contributed by atoms with Crippen LogP contribution in [-0.2, 0) is 20.0 Å². The largest absolute Gasteiger partial charge is 0.432 e. The van der Waals surface area contributed by atoms with Gasteiger partial charge in [-0.25, -0.2) is 21.8 Å². The smallest absolute Gasteiger partial charge is 0.269 e. The monoisotopic (exact) mass is 681 g/mol. The van der Waals surface area contributed by atoms with Crippen molar-refractivity contribution in [2.75, 3.05) is 9.44 Å². The van der Waals surface area contributed by atoms with Crippen molar-refractivity contribution < 1.29 is 31.1 Å². The van der Waals surface area contributed by atoms with Gasteiger partial charge in [-0.1, -0.05) is 24.3 Å². The number of fused-ring (bicyclic) bond motifs is 4. The number of nitrogens with one attached hydrogen (secondary N) is 3. The molecule has 4 aromatic rings. The Hall–Kier alpha value is -5.86. The Bertz CT molecular complexity index is 2550. The van der Waals surface area contributed by atoms with Gasteiger partial charge in [0.15, 0.2) is 17.1 Å². The van der Waals surface area contributed by atoms with Crippen LogP contribution in [0.15, 0.2) is 91.8 Å². The molecule has 0 saturated heterocycles. The molecule has 1 aliphatic heterocycles. The molecule has 1 aliphatic carbocycles. The fourth-order valence-electron chi connectivity index (χ4n) is 4.45. The molecule has 2 aliphatic rings. The van der Waals surface area contributed by atoms with Gasteiger partial charge in [-0.3, -0.25) is 34.5 Å². The summed E-state index contributed by atoms with van der Waals surface area (Å²) >= 11 is 5.13. The Kier molecular flexibility index (Phi) is 7.18. The first-order valence-electron chi connectivity index (χ1n) is 12.6. The minimum absolute atomic E-state index is 0.0308. The van der Waals surface area contributed by atoms with E-state index < -0.39 is 45.9 Å². The van der Waals surface area contributed by atoms with E-state index in [9.17, 15) is 41.9 Å². The van der Waals surface area contributed by atoms with Gasteiger partial charge in [0.25, 0.3) is 37.1 Å². The van der Waals surface area contributed by atoms with E-state index in [1.807, 2.05) is 0 Å². The maximum absolute atomic E-state index is 13.6. The minimum atomic E-state index is -4.51. The van der Waals surface area contributed by atoms with Gasteiger partial charge in [-0.15, -0.1) is 0 Å². The number of rotatable bonds is 8. The molecule has 0 radical (unpaired) electrons. The van der Waals surface area contributed by atoms with Gasteiger partial charge in [-0.05, 0) is 36.5 Å². The van der Waals surface area contributed by atoms with E-state index >= 15 is 0 Å². The van der Waals surface area contributed by atoms with Crippen molar-refractivity contribution in [1.82, 2.24) is 15.0 Å². The van der Waals surface area contributed by atoms with Crippen LogP contribution in [0, 0.1) is 25.0 Å². The van der Waals surface area contributed by atoms with E-state index in [0.29, 0.717) is 0 Å². The highest BCUT2D eigenvalue weighted by Crippen LogP contribution is 2.37. The molecule has 6 rings (SSSR count). The molecule has 0 saturated carbocycles. The Morgan fingerprint density at radius 3 is 1.83 bits per heavy atom. The lowest BCUT2D eigenvalue weighted by atomic mass is 10.0. The highest BCUT2D eigenvalue weighted by atomic mass is 32.2. The second-order valence-corrected chi connectivity index (χ2v) is 13.2. The van der Waals surface area contributed by atoms with Crippen molar-refractivity contribution in [3.8, 4) is 11.5 Å². The molecule has 232 valence electrons. The summed E-state index contributed by atoms with van der Waals surface area (Å²) in [4.78, 5) is 44.6. The molecule has 3 N–H and O–H groups in total. The van der Waals surface area contributed by atoms with E-state index in [1.54, 1.807) is 6.07 Å². The lowest BCUT2D eigenvalue weighted by Crippen LogP contribution is -2.21. The predicted octanol–water partition coefficient (Wildman–Crippen LogP) is 4.32. The van der Waals surface area contributed by atoms with Gasteiger partial charge in [0.2, 0.25) is 10.2 Å². The summed E-state index contributed by atoms with van der Waals surface area (Å²) in [6, 6.07) is 14.1. The van der Waals surface area contributed by atoms with Crippen LogP contribution in [0.2, 0.25) is 0 Å². The summed E-state index contributed by atoms with van der Waals surface area (Å²) in [7, 11) is -8.89. The van der Waals surface area contributed by atoms with Gasteiger partial charge < -0.3 is 9.40 Å². The normalized spacial score (nSPS) is 11.9. The summed E-state index contributed by atoms with van der Waals surface area (Å²) in [6.07, 6.45) is 0. The Morgan fingerprint density at radius 1 is 0.761 bits per heavy atom. The minimum Gasteiger partial charge on any atom is -0.432 e. The summed E-state index contributed by atoms with van der Waals surface area (Å²) in [5.74, 6) is -0.666. The molecular formula is C26H15N7O10S3. The highest BCUT2D eigenvalue weighted by Gasteiger charge is 2.28. The Morgan fingerprint density at radius 2 is 1.28 bits per heavy atom. The van der Waals surface area contributed by atoms with Crippen LogP contribution >= 0.6 is 12.2 Å². The van der Waals surface area contributed by atoms with Crippen LogP contribution in [0.3, 0.4) is 0 Å². The van der Waals surface area contributed by atoms with E-state index in [-0.39, 0.29) is 60.3 Å². The molecule has 0 fully saturated rings. The summed E-state index contributed by atoms with van der Waals surface area (Å²) in [5, 5.41) is 22.2. The zero-order chi connectivity index (χ0) is 33.0. The van der Waals surface area contributed by atoms with Crippen LogP contribution in [0.1, 0.15) is 0 Å². The van der Waals surface area contributed by atoms with Crippen molar-refractivity contribution >= 4 is 77.1 Å². The van der Waals surface area contributed by atoms with E-state index in [2.05, 4.69) is 24.4 Å². The third kappa shape index (κ3) is 5.35.